The molecule has 1 saturated heterocycles. The molecule has 3 heterocycles. The van der Waals surface area contributed by atoms with Crippen LogP contribution in [-0.2, 0) is 11.3 Å². The number of pyridine rings is 1. The Morgan fingerprint density at radius 1 is 1.29 bits per heavy atom. The highest BCUT2D eigenvalue weighted by Gasteiger charge is 2.56. The Hall–Kier alpha value is -3.86. The van der Waals surface area contributed by atoms with Gasteiger partial charge in [0.1, 0.15) is 22.6 Å². The molecule has 3 amide bonds. The van der Waals surface area contributed by atoms with E-state index in [9.17, 15) is 14.9 Å². The van der Waals surface area contributed by atoms with Gasteiger partial charge in [-0.3, -0.25) is 10.1 Å². The second kappa shape index (κ2) is 7.43. The van der Waals surface area contributed by atoms with Crippen LogP contribution in [0.2, 0.25) is 0 Å². The average molecular weight is 415 g/mol. The fraction of sp³-hybridized carbons (Fsp3) is 0.304. The second-order valence-electron chi connectivity index (χ2n) is 8.02. The van der Waals surface area contributed by atoms with Gasteiger partial charge in [-0.25, -0.2) is 9.78 Å². The third kappa shape index (κ3) is 3.48. The Morgan fingerprint density at radius 2 is 2.13 bits per heavy atom. The minimum atomic E-state index is -0.902. The number of nitrogens with one attached hydrogen (secondary N) is 2. The van der Waals surface area contributed by atoms with Crippen molar-refractivity contribution in [3.8, 4) is 6.07 Å². The van der Waals surface area contributed by atoms with E-state index in [0.29, 0.717) is 30.2 Å². The summed E-state index contributed by atoms with van der Waals surface area (Å²) in [7, 11) is 0. The summed E-state index contributed by atoms with van der Waals surface area (Å²) >= 11 is 0. The van der Waals surface area contributed by atoms with E-state index in [-0.39, 0.29) is 18.4 Å². The van der Waals surface area contributed by atoms with Crippen molar-refractivity contribution in [2.24, 2.45) is 11.3 Å². The number of nitriles is 1. The fourth-order valence-electron chi connectivity index (χ4n) is 4.24. The molecule has 1 aliphatic heterocycles. The van der Waals surface area contributed by atoms with Gasteiger partial charge in [0.15, 0.2) is 0 Å². The fourth-order valence-corrected chi connectivity index (χ4v) is 4.24. The van der Waals surface area contributed by atoms with Gasteiger partial charge in [0.2, 0.25) is 5.91 Å². The van der Waals surface area contributed by atoms with Crippen molar-refractivity contribution in [2.45, 2.75) is 25.8 Å². The van der Waals surface area contributed by atoms with Gasteiger partial charge in [-0.2, -0.15) is 5.26 Å². The molecule has 2 aromatic heterocycles. The quantitative estimate of drug-likeness (QED) is 0.658. The number of fused-ring (bicyclic) bond motifs is 1. The van der Waals surface area contributed by atoms with Crippen LogP contribution in [-0.4, -0.2) is 23.5 Å². The van der Waals surface area contributed by atoms with Crippen LogP contribution in [0.15, 0.2) is 53.1 Å². The Balaban J connectivity index is 1.23. The van der Waals surface area contributed by atoms with E-state index in [2.05, 4.69) is 21.7 Å². The van der Waals surface area contributed by atoms with Gasteiger partial charge in [0.25, 0.3) is 0 Å². The molecule has 2 N–H and O–H groups in total. The molecule has 2 aliphatic rings. The highest BCUT2D eigenvalue weighted by Crippen LogP contribution is 2.51. The first-order valence-electron chi connectivity index (χ1n) is 10.3. The molecule has 156 valence electrons. The van der Waals surface area contributed by atoms with E-state index < -0.39 is 11.4 Å². The largest absolute Gasteiger partial charge is 0.459 e. The number of anilines is 2. The number of rotatable bonds is 5. The Bertz CT molecular complexity index is 1180. The first-order chi connectivity index (χ1) is 15.1. The SMILES string of the molecule is N#C[C@@]1(C2CC2)CCN(c2ccnc(NC(=O)NCc3cc4ccccc4o3)c2)C1=O. The Kier molecular flexibility index (Phi) is 4.59. The lowest BCUT2D eigenvalue weighted by atomic mass is 9.83. The maximum atomic E-state index is 13.0. The molecule has 0 unspecified atom stereocenters. The van der Waals surface area contributed by atoms with Crippen molar-refractivity contribution < 1.29 is 14.0 Å². The molecule has 8 heteroatoms. The standard InChI is InChI=1S/C23H21N5O3/c24-14-23(16-5-6-16)8-10-28(21(23)29)17-7-9-25-20(12-17)27-22(30)26-13-18-11-15-3-1-2-4-19(15)31-18/h1-4,7,9,11-12,16H,5-6,8,10,13H2,(H2,25,26,27,30)/t23-/m1/s1. The van der Waals surface area contributed by atoms with Gasteiger partial charge in [0.05, 0.1) is 12.6 Å². The van der Waals surface area contributed by atoms with Crippen LogP contribution >= 0.6 is 0 Å². The number of nitrogens with zero attached hydrogens (tertiary/aromatic N) is 3. The highest BCUT2D eigenvalue weighted by molar-refractivity contribution is 6.02. The number of amides is 3. The number of urea groups is 1. The smallest absolute Gasteiger partial charge is 0.320 e. The number of aromatic nitrogens is 1. The first-order valence-corrected chi connectivity index (χ1v) is 10.3. The number of hydrogen-bond acceptors (Lipinski definition) is 5. The first kappa shape index (κ1) is 19.1. The molecule has 3 aromatic rings. The molecule has 31 heavy (non-hydrogen) atoms. The van der Waals surface area contributed by atoms with E-state index in [4.69, 9.17) is 4.42 Å². The third-order valence-corrected chi connectivity index (χ3v) is 6.03. The van der Waals surface area contributed by atoms with Crippen LogP contribution in [0.3, 0.4) is 0 Å². The molecule has 1 atom stereocenters. The van der Waals surface area contributed by atoms with Gasteiger partial charge in [-0.1, -0.05) is 18.2 Å². The zero-order chi connectivity index (χ0) is 21.4. The van der Waals surface area contributed by atoms with Crippen LogP contribution in [0.25, 0.3) is 11.0 Å². The zero-order valence-corrected chi connectivity index (χ0v) is 16.8. The van der Waals surface area contributed by atoms with E-state index in [1.54, 1.807) is 23.2 Å². The number of carbonyl (C=O) groups excluding carboxylic acids is 2. The highest BCUT2D eigenvalue weighted by atomic mass is 16.3. The summed E-state index contributed by atoms with van der Waals surface area (Å²) in [4.78, 5) is 31.1. The summed E-state index contributed by atoms with van der Waals surface area (Å²) < 4.78 is 5.69. The van der Waals surface area contributed by atoms with Crippen molar-refractivity contribution >= 4 is 34.4 Å². The van der Waals surface area contributed by atoms with E-state index in [0.717, 1.165) is 23.8 Å². The van der Waals surface area contributed by atoms with Gasteiger partial charge >= 0.3 is 6.03 Å². The molecule has 0 spiro atoms. The van der Waals surface area contributed by atoms with Crippen molar-refractivity contribution in [3.05, 3.63) is 54.4 Å². The van der Waals surface area contributed by atoms with Crippen molar-refractivity contribution in [2.75, 3.05) is 16.8 Å². The Labute approximate surface area is 178 Å². The normalized spacial score (nSPS) is 20.6. The van der Waals surface area contributed by atoms with Crippen LogP contribution in [0.5, 0.6) is 0 Å². The number of carbonyl (C=O) groups is 2. The predicted octanol–water partition coefficient (Wildman–Crippen LogP) is 3.81. The van der Waals surface area contributed by atoms with Gasteiger partial charge in [-0.05, 0) is 43.4 Å². The molecular formula is C23H21N5O3. The minimum absolute atomic E-state index is 0.149. The zero-order valence-electron chi connectivity index (χ0n) is 16.8. The number of benzene rings is 1. The second-order valence-corrected chi connectivity index (χ2v) is 8.02. The van der Waals surface area contributed by atoms with Crippen LogP contribution in [0.1, 0.15) is 25.0 Å². The van der Waals surface area contributed by atoms with Gasteiger partial charge in [0, 0.05) is 29.9 Å². The van der Waals surface area contributed by atoms with Crippen molar-refractivity contribution in [1.82, 2.24) is 10.3 Å². The molecule has 0 radical (unpaired) electrons. The molecule has 1 aromatic carbocycles. The molecular weight excluding hydrogens is 394 g/mol. The average Bonchev–Trinajstić information content (AvgIpc) is 3.46. The maximum absolute atomic E-state index is 13.0. The molecule has 5 rings (SSSR count). The molecule has 0 bridgehead atoms. The van der Waals surface area contributed by atoms with E-state index >= 15 is 0 Å². The van der Waals surface area contributed by atoms with Crippen LogP contribution in [0, 0.1) is 22.7 Å². The van der Waals surface area contributed by atoms with E-state index in [1.807, 2.05) is 30.3 Å². The van der Waals surface area contributed by atoms with Crippen LogP contribution < -0.4 is 15.5 Å². The van der Waals surface area contributed by atoms with Crippen molar-refractivity contribution in [3.63, 3.8) is 0 Å². The number of para-hydroxylation sites is 1. The minimum Gasteiger partial charge on any atom is -0.459 e. The summed E-state index contributed by atoms with van der Waals surface area (Å²) in [5.41, 5.74) is 0.496. The molecule has 1 saturated carbocycles. The lowest BCUT2D eigenvalue weighted by Gasteiger charge is -2.21. The Morgan fingerprint density at radius 3 is 2.90 bits per heavy atom. The third-order valence-electron chi connectivity index (χ3n) is 6.03. The summed E-state index contributed by atoms with van der Waals surface area (Å²) in [6.07, 6.45) is 3.94. The number of hydrogen-bond donors (Lipinski definition) is 2. The summed E-state index contributed by atoms with van der Waals surface area (Å²) in [6, 6.07) is 14.7. The number of furan rings is 1. The maximum Gasteiger partial charge on any atom is 0.320 e. The molecule has 1 aliphatic carbocycles. The summed E-state index contributed by atoms with van der Waals surface area (Å²) in [5, 5.41) is 16.1. The van der Waals surface area contributed by atoms with Crippen LogP contribution in [0.4, 0.5) is 16.3 Å². The van der Waals surface area contributed by atoms with Gasteiger partial charge < -0.3 is 14.6 Å². The predicted molar refractivity (Wildman–Crippen MR) is 114 cm³/mol. The molecule has 2 fully saturated rings. The monoisotopic (exact) mass is 415 g/mol. The topological polar surface area (TPSA) is 111 Å². The molecule has 8 nitrogen and oxygen atoms in total. The van der Waals surface area contributed by atoms with Gasteiger partial charge in [-0.15, -0.1) is 0 Å². The summed E-state index contributed by atoms with van der Waals surface area (Å²) in [6.45, 7) is 0.724. The van der Waals surface area contributed by atoms with E-state index in [1.165, 1.54) is 0 Å². The summed E-state index contributed by atoms with van der Waals surface area (Å²) in [5.74, 6) is 0.990. The van der Waals surface area contributed by atoms with Crippen molar-refractivity contribution in [1.29, 1.82) is 5.26 Å². The lowest BCUT2D eigenvalue weighted by Crippen LogP contribution is -2.35. The lowest BCUT2D eigenvalue weighted by molar-refractivity contribution is -0.123.